The van der Waals surface area contributed by atoms with Crippen LogP contribution in [0.2, 0.25) is 0 Å². The van der Waals surface area contributed by atoms with Crippen molar-refractivity contribution in [2.45, 2.75) is 25.8 Å². The molecule has 0 amide bonds. The van der Waals surface area contributed by atoms with Crippen LogP contribution in [-0.4, -0.2) is 24.9 Å². The third-order valence-corrected chi connectivity index (χ3v) is 5.38. The third kappa shape index (κ3) is 4.50. The highest BCUT2D eigenvalue weighted by Crippen LogP contribution is 2.35. The summed E-state index contributed by atoms with van der Waals surface area (Å²) in [5.41, 5.74) is 10.7. The number of nitrogen functional groups attached to an aromatic ring is 1. The molecule has 0 radical (unpaired) electrons. The van der Waals surface area contributed by atoms with Gasteiger partial charge in [-0.2, -0.15) is 0 Å². The first-order chi connectivity index (χ1) is 15.3. The second kappa shape index (κ2) is 8.47. The summed E-state index contributed by atoms with van der Waals surface area (Å²) in [6, 6.07) is 16.1. The van der Waals surface area contributed by atoms with Crippen molar-refractivity contribution in [1.29, 1.82) is 0 Å². The topological polar surface area (TPSA) is 93.7 Å². The van der Waals surface area contributed by atoms with Gasteiger partial charge in [0.25, 0.3) is 0 Å². The Morgan fingerprint density at radius 1 is 0.903 bits per heavy atom. The number of aromatic nitrogens is 5. The molecule has 0 bridgehead atoms. The van der Waals surface area contributed by atoms with Crippen LogP contribution in [0.25, 0.3) is 11.3 Å². The van der Waals surface area contributed by atoms with Gasteiger partial charge in [0.2, 0.25) is 11.9 Å². The molecule has 4 aromatic rings. The van der Waals surface area contributed by atoms with Gasteiger partial charge in [-0.1, -0.05) is 30.3 Å². The number of rotatable bonds is 7. The summed E-state index contributed by atoms with van der Waals surface area (Å²) in [6.07, 6.45) is 10.5. The Morgan fingerprint density at radius 2 is 1.71 bits per heavy atom. The molecular formula is C24H23N7. The minimum atomic E-state index is 0.302. The van der Waals surface area contributed by atoms with Crippen LogP contribution in [0.1, 0.15) is 24.1 Å². The fraction of sp³-hybridized carbons (Fsp3) is 0.208. The SMILES string of the molecule is Nc1ncc(-c2ccnc(N(Cc3ccccc3)c3ccncc3)n2)c(CC2CC2)n1. The van der Waals surface area contributed by atoms with Crippen molar-refractivity contribution >= 4 is 17.6 Å². The Bertz CT molecular complexity index is 1160. The molecular weight excluding hydrogens is 386 g/mol. The molecule has 3 heterocycles. The van der Waals surface area contributed by atoms with E-state index in [-0.39, 0.29) is 0 Å². The summed E-state index contributed by atoms with van der Waals surface area (Å²) in [4.78, 5) is 24.5. The van der Waals surface area contributed by atoms with Crippen LogP contribution in [0.5, 0.6) is 0 Å². The summed E-state index contributed by atoms with van der Waals surface area (Å²) in [6.45, 7) is 0.640. The van der Waals surface area contributed by atoms with E-state index in [9.17, 15) is 0 Å². The normalized spacial score (nSPS) is 13.2. The number of pyridine rings is 1. The average Bonchev–Trinajstić information content (AvgIpc) is 3.63. The van der Waals surface area contributed by atoms with E-state index in [1.807, 2.05) is 36.4 Å². The lowest BCUT2D eigenvalue weighted by atomic mass is 10.1. The molecule has 0 spiro atoms. The van der Waals surface area contributed by atoms with Crippen molar-refractivity contribution in [1.82, 2.24) is 24.9 Å². The van der Waals surface area contributed by atoms with Crippen LogP contribution < -0.4 is 10.6 Å². The van der Waals surface area contributed by atoms with Crippen molar-refractivity contribution in [3.63, 3.8) is 0 Å². The van der Waals surface area contributed by atoms with Gasteiger partial charge in [-0.15, -0.1) is 0 Å². The summed E-state index contributed by atoms with van der Waals surface area (Å²) in [7, 11) is 0. The minimum absolute atomic E-state index is 0.302. The van der Waals surface area contributed by atoms with Gasteiger partial charge >= 0.3 is 0 Å². The molecule has 7 nitrogen and oxygen atoms in total. The zero-order valence-corrected chi connectivity index (χ0v) is 17.1. The lowest BCUT2D eigenvalue weighted by molar-refractivity contribution is 0.802. The smallest absolute Gasteiger partial charge is 0.230 e. The maximum atomic E-state index is 5.87. The molecule has 1 aromatic carbocycles. The number of hydrogen-bond acceptors (Lipinski definition) is 7. The van der Waals surface area contributed by atoms with Crippen molar-refractivity contribution in [3.05, 3.63) is 84.6 Å². The van der Waals surface area contributed by atoms with Crippen molar-refractivity contribution < 1.29 is 0 Å². The van der Waals surface area contributed by atoms with Crippen molar-refractivity contribution in [2.75, 3.05) is 10.6 Å². The van der Waals surface area contributed by atoms with Gasteiger partial charge in [0.15, 0.2) is 0 Å². The fourth-order valence-corrected chi connectivity index (χ4v) is 3.59. The Morgan fingerprint density at radius 3 is 2.48 bits per heavy atom. The molecule has 31 heavy (non-hydrogen) atoms. The first-order valence-electron chi connectivity index (χ1n) is 10.4. The monoisotopic (exact) mass is 409 g/mol. The Balaban J connectivity index is 1.54. The van der Waals surface area contributed by atoms with E-state index in [4.69, 9.17) is 10.7 Å². The molecule has 7 heteroatoms. The van der Waals surface area contributed by atoms with Gasteiger partial charge in [-0.3, -0.25) is 4.98 Å². The zero-order chi connectivity index (χ0) is 21.0. The first-order valence-corrected chi connectivity index (χ1v) is 10.4. The van der Waals surface area contributed by atoms with Crippen LogP contribution in [0.4, 0.5) is 17.6 Å². The van der Waals surface area contributed by atoms with Gasteiger partial charge in [0.05, 0.1) is 17.9 Å². The van der Waals surface area contributed by atoms with E-state index in [0.717, 1.165) is 29.1 Å². The molecule has 0 saturated heterocycles. The summed E-state index contributed by atoms with van der Waals surface area (Å²) in [5, 5.41) is 0. The minimum Gasteiger partial charge on any atom is -0.368 e. The third-order valence-electron chi connectivity index (χ3n) is 5.38. The quantitative estimate of drug-likeness (QED) is 0.489. The van der Waals surface area contributed by atoms with Gasteiger partial charge in [0.1, 0.15) is 0 Å². The van der Waals surface area contributed by atoms with E-state index >= 15 is 0 Å². The largest absolute Gasteiger partial charge is 0.368 e. The number of nitrogens with zero attached hydrogens (tertiary/aromatic N) is 6. The molecule has 1 fully saturated rings. The highest BCUT2D eigenvalue weighted by Gasteiger charge is 2.25. The number of hydrogen-bond donors (Lipinski definition) is 1. The molecule has 154 valence electrons. The maximum absolute atomic E-state index is 5.87. The Kier molecular flexibility index (Phi) is 5.22. The predicted molar refractivity (Wildman–Crippen MR) is 120 cm³/mol. The molecule has 0 aliphatic heterocycles. The second-order valence-corrected chi connectivity index (χ2v) is 7.76. The van der Waals surface area contributed by atoms with Crippen LogP contribution in [-0.2, 0) is 13.0 Å². The van der Waals surface area contributed by atoms with Crippen molar-refractivity contribution in [2.24, 2.45) is 5.92 Å². The van der Waals surface area contributed by atoms with E-state index in [2.05, 4.69) is 37.0 Å². The fourth-order valence-electron chi connectivity index (χ4n) is 3.59. The highest BCUT2D eigenvalue weighted by atomic mass is 15.3. The van der Waals surface area contributed by atoms with Crippen LogP contribution in [0, 0.1) is 5.92 Å². The van der Waals surface area contributed by atoms with Gasteiger partial charge in [-0.25, -0.2) is 19.9 Å². The average molecular weight is 409 g/mol. The zero-order valence-electron chi connectivity index (χ0n) is 17.1. The lowest BCUT2D eigenvalue weighted by Gasteiger charge is -2.23. The maximum Gasteiger partial charge on any atom is 0.230 e. The molecule has 1 aliphatic rings. The van der Waals surface area contributed by atoms with E-state index in [0.29, 0.717) is 24.4 Å². The molecule has 5 rings (SSSR count). The summed E-state index contributed by atoms with van der Waals surface area (Å²) < 4.78 is 0. The molecule has 0 atom stereocenters. The lowest BCUT2D eigenvalue weighted by Crippen LogP contribution is -2.19. The van der Waals surface area contributed by atoms with Gasteiger partial charge in [0, 0.05) is 36.0 Å². The number of benzene rings is 1. The molecule has 3 aromatic heterocycles. The molecule has 1 aliphatic carbocycles. The molecule has 2 N–H and O–H groups in total. The Hall–Kier alpha value is -3.87. The second-order valence-electron chi connectivity index (χ2n) is 7.76. The van der Waals surface area contributed by atoms with E-state index in [1.54, 1.807) is 24.8 Å². The first kappa shape index (κ1) is 19.1. The van der Waals surface area contributed by atoms with Gasteiger partial charge in [-0.05, 0) is 48.9 Å². The van der Waals surface area contributed by atoms with Crippen LogP contribution in [0.15, 0.2) is 73.3 Å². The van der Waals surface area contributed by atoms with Gasteiger partial charge < -0.3 is 10.6 Å². The van der Waals surface area contributed by atoms with Crippen molar-refractivity contribution in [3.8, 4) is 11.3 Å². The summed E-state index contributed by atoms with van der Waals surface area (Å²) in [5.74, 6) is 1.60. The van der Waals surface area contributed by atoms with E-state index in [1.165, 1.54) is 18.4 Å². The van der Waals surface area contributed by atoms with Crippen LogP contribution in [0.3, 0.4) is 0 Å². The molecule has 1 saturated carbocycles. The van der Waals surface area contributed by atoms with E-state index < -0.39 is 0 Å². The van der Waals surface area contributed by atoms with Crippen LogP contribution >= 0.6 is 0 Å². The Labute approximate surface area is 181 Å². The molecule has 0 unspecified atom stereocenters. The number of anilines is 3. The number of nitrogens with two attached hydrogens (primary N) is 1. The standard InChI is InChI=1S/C24H23N7/c25-23-28-15-20(22(29-23)14-17-6-7-17)21-10-13-27-24(30-21)31(19-8-11-26-12-9-19)16-18-4-2-1-3-5-18/h1-5,8-13,15,17H,6-7,14,16H2,(H2,25,28,29). The summed E-state index contributed by atoms with van der Waals surface area (Å²) >= 11 is 0. The highest BCUT2D eigenvalue weighted by molar-refractivity contribution is 5.65. The predicted octanol–water partition coefficient (Wildman–Crippen LogP) is 4.20.